The fourth-order valence-corrected chi connectivity index (χ4v) is 4.85. The van der Waals surface area contributed by atoms with E-state index in [-0.39, 0.29) is 25.4 Å². The number of carboxylic acid groups (broad SMARTS) is 1. The SMILES string of the molecule is CC[C@@H](NC(=O)CC1(NC(=O)OCC2c3ccccc3-c3ccccc32)CCOCC1)C(=O)O. The summed E-state index contributed by atoms with van der Waals surface area (Å²) in [6.45, 7) is 2.66. The number of carboxylic acids is 1. The predicted octanol–water partition coefficient (Wildman–Crippen LogP) is 3.44. The molecular weight excluding hydrogens is 436 g/mol. The number of alkyl carbamates (subject to hydrolysis) is 1. The molecule has 1 atom stereocenters. The summed E-state index contributed by atoms with van der Waals surface area (Å²) < 4.78 is 11.1. The van der Waals surface area contributed by atoms with Gasteiger partial charge in [0.05, 0.1) is 12.0 Å². The van der Waals surface area contributed by atoms with E-state index >= 15 is 0 Å². The van der Waals surface area contributed by atoms with E-state index in [2.05, 4.69) is 34.9 Å². The van der Waals surface area contributed by atoms with Gasteiger partial charge in [0.25, 0.3) is 0 Å². The van der Waals surface area contributed by atoms with Crippen molar-refractivity contribution in [3.8, 4) is 11.1 Å². The van der Waals surface area contributed by atoms with E-state index in [0.29, 0.717) is 26.1 Å². The van der Waals surface area contributed by atoms with Gasteiger partial charge in [0.1, 0.15) is 12.6 Å². The first kappa shape index (κ1) is 23.8. The number of ether oxygens (including phenoxy) is 2. The topological polar surface area (TPSA) is 114 Å². The van der Waals surface area contributed by atoms with Crippen molar-refractivity contribution in [2.45, 2.75) is 50.1 Å². The monoisotopic (exact) mass is 466 g/mol. The molecule has 4 rings (SSSR count). The van der Waals surface area contributed by atoms with Gasteiger partial charge >= 0.3 is 12.1 Å². The zero-order chi connectivity index (χ0) is 24.1. The average Bonchev–Trinajstić information content (AvgIpc) is 3.15. The van der Waals surface area contributed by atoms with Gasteiger partial charge in [-0.05, 0) is 41.5 Å². The number of rotatable bonds is 8. The van der Waals surface area contributed by atoms with Gasteiger partial charge in [-0.3, -0.25) is 4.79 Å². The summed E-state index contributed by atoms with van der Waals surface area (Å²) in [5.41, 5.74) is 3.69. The van der Waals surface area contributed by atoms with Crippen LogP contribution in [0, 0.1) is 0 Å². The van der Waals surface area contributed by atoms with Gasteiger partial charge in [-0.2, -0.15) is 0 Å². The highest BCUT2D eigenvalue weighted by Crippen LogP contribution is 2.44. The first-order chi connectivity index (χ1) is 16.4. The zero-order valence-corrected chi connectivity index (χ0v) is 19.2. The van der Waals surface area contributed by atoms with Crippen LogP contribution in [0.25, 0.3) is 11.1 Å². The molecule has 34 heavy (non-hydrogen) atoms. The minimum Gasteiger partial charge on any atom is -0.480 e. The molecule has 2 amide bonds. The molecule has 0 saturated carbocycles. The van der Waals surface area contributed by atoms with Gasteiger partial charge in [-0.25, -0.2) is 9.59 Å². The van der Waals surface area contributed by atoms with Crippen molar-refractivity contribution in [3.05, 3.63) is 59.7 Å². The standard InChI is InChI=1S/C26H30N2O6/c1-2-22(24(30)31)27-23(29)15-26(11-13-33-14-12-26)28-25(32)34-16-21-19-9-5-3-7-17(19)18-8-4-6-10-20(18)21/h3-10,21-22H,2,11-16H2,1H3,(H,27,29)(H,28,32)(H,30,31)/t22-/m1/s1. The van der Waals surface area contributed by atoms with Crippen LogP contribution in [0.3, 0.4) is 0 Å². The Labute approximate surface area is 198 Å². The number of hydrogen-bond donors (Lipinski definition) is 3. The van der Waals surface area contributed by atoms with E-state index in [1.165, 1.54) is 0 Å². The first-order valence-electron chi connectivity index (χ1n) is 11.7. The summed E-state index contributed by atoms with van der Waals surface area (Å²) in [7, 11) is 0. The van der Waals surface area contributed by atoms with Crippen molar-refractivity contribution in [2.75, 3.05) is 19.8 Å². The maximum atomic E-state index is 12.9. The Hall–Kier alpha value is -3.39. The van der Waals surface area contributed by atoms with Crippen LogP contribution < -0.4 is 10.6 Å². The molecule has 0 radical (unpaired) electrons. The minimum absolute atomic E-state index is 0.0374. The van der Waals surface area contributed by atoms with Crippen LogP contribution in [-0.4, -0.2) is 54.5 Å². The van der Waals surface area contributed by atoms with Crippen LogP contribution >= 0.6 is 0 Å². The van der Waals surface area contributed by atoms with E-state index in [1.54, 1.807) is 6.92 Å². The van der Waals surface area contributed by atoms with E-state index in [4.69, 9.17) is 9.47 Å². The second-order valence-electron chi connectivity index (χ2n) is 8.89. The molecule has 0 unspecified atom stereocenters. The molecule has 0 spiro atoms. The van der Waals surface area contributed by atoms with Crippen LogP contribution in [0.4, 0.5) is 4.79 Å². The number of carbonyl (C=O) groups is 3. The fourth-order valence-electron chi connectivity index (χ4n) is 4.85. The Balaban J connectivity index is 1.42. The van der Waals surface area contributed by atoms with Crippen LogP contribution in [-0.2, 0) is 19.1 Å². The highest BCUT2D eigenvalue weighted by atomic mass is 16.5. The van der Waals surface area contributed by atoms with Crippen LogP contribution in [0.15, 0.2) is 48.5 Å². The number of nitrogens with one attached hydrogen (secondary N) is 2. The third kappa shape index (κ3) is 5.07. The summed E-state index contributed by atoms with van der Waals surface area (Å²) in [6, 6.07) is 15.3. The molecule has 2 aromatic rings. The summed E-state index contributed by atoms with van der Waals surface area (Å²) in [6.07, 6.45) is 0.520. The highest BCUT2D eigenvalue weighted by Gasteiger charge is 2.38. The third-order valence-corrected chi connectivity index (χ3v) is 6.70. The number of hydrogen-bond acceptors (Lipinski definition) is 5. The van der Waals surface area contributed by atoms with Crippen molar-refractivity contribution in [1.82, 2.24) is 10.6 Å². The third-order valence-electron chi connectivity index (χ3n) is 6.70. The number of benzene rings is 2. The number of carbonyl (C=O) groups excluding carboxylic acids is 2. The summed E-state index contributed by atoms with van der Waals surface area (Å²) >= 11 is 0. The molecule has 0 bridgehead atoms. The Kier molecular flexibility index (Phi) is 7.17. The predicted molar refractivity (Wildman–Crippen MR) is 125 cm³/mol. The summed E-state index contributed by atoms with van der Waals surface area (Å²) in [5.74, 6) is -1.57. The minimum atomic E-state index is -1.08. The van der Waals surface area contributed by atoms with Crippen molar-refractivity contribution >= 4 is 18.0 Å². The molecule has 8 nitrogen and oxygen atoms in total. The number of fused-ring (bicyclic) bond motifs is 3. The Morgan fingerprint density at radius 3 is 2.21 bits per heavy atom. The van der Waals surface area contributed by atoms with Gasteiger partial charge in [0.15, 0.2) is 0 Å². The molecule has 180 valence electrons. The van der Waals surface area contributed by atoms with E-state index < -0.39 is 29.6 Å². The van der Waals surface area contributed by atoms with Gasteiger partial charge in [-0.15, -0.1) is 0 Å². The molecule has 2 aromatic carbocycles. The Morgan fingerprint density at radius 1 is 1.06 bits per heavy atom. The van der Waals surface area contributed by atoms with E-state index in [0.717, 1.165) is 22.3 Å². The lowest BCUT2D eigenvalue weighted by Gasteiger charge is -2.37. The fraction of sp³-hybridized carbons (Fsp3) is 0.423. The zero-order valence-electron chi connectivity index (χ0n) is 19.2. The second kappa shape index (κ2) is 10.3. The maximum absolute atomic E-state index is 12.9. The molecule has 8 heteroatoms. The maximum Gasteiger partial charge on any atom is 0.407 e. The molecule has 1 fully saturated rings. The van der Waals surface area contributed by atoms with Crippen LogP contribution in [0.2, 0.25) is 0 Å². The van der Waals surface area contributed by atoms with Crippen molar-refractivity contribution in [2.24, 2.45) is 0 Å². The van der Waals surface area contributed by atoms with Crippen LogP contribution in [0.5, 0.6) is 0 Å². The number of amides is 2. The molecule has 0 aromatic heterocycles. The average molecular weight is 467 g/mol. The first-order valence-corrected chi connectivity index (χ1v) is 11.7. The van der Waals surface area contributed by atoms with Gasteiger partial charge in [0.2, 0.25) is 5.91 Å². The van der Waals surface area contributed by atoms with Crippen molar-refractivity contribution < 1.29 is 29.0 Å². The summed E-state index contributed by atoms with van der Waals surface area (Å²) in [5, 5.41) is 14.7. The van der Waals surface area contributed by atoms with Crippen molar-refractivity contribution in [1.29, 1.82) is 0 Å². The van der Waals surface area contributed by atoms with Crippen LogP contribution in [0.1, 0.15) is 49.7 Å². The van der Waals surface area contributed by atoms with Gasteiger partial charge < -0.3 is 25.2 Å². The molecule has 3 N–H and O–H groups in total. The second-order valence-corrected chi connectivity index (χ2v) is 8.89. The Morgan fingerprint density at radius 2 is 1.65 bits per heavy atom. The van der Waals surface area contributed by atoms with E-state index in [9.17, 15) is 19.5 Å². The molecule has 1 aliphatic carbocycles. The Bertz CT molecular complexity index is 1020. The van der Waals surface area contributed by atoms with E-state index in [1.807, 2.05) is 24.3 Å². The largest absolute Gasteiger partial charge is 0.480 e. The van der Waals surface area contributed by atoms with Crippen molar-refractivity contribution in [3.63, 3.8) is 0 Å². The molecule has 1 saturated heterocycles. The quantitative estimate of drug-likeness (QED) is 0.549. The lowest BCUT2D eigenvalue weighted by molar-refractivity contribution is -0.142. The molecular formula is C26H30N2O6. The number of aliphatic carboxylic acids is 1. The summed E-state index contributed by atoms with van der Waals surface area (Å²) in [4.78, 5) is 36.7. The molecule has 2 aliphatic rings. The normalized spacial score (nSPS) is 17.2. The lowest BCUT2D eigenvalue weighted by Crippen LogP contribution is -2.55. The molecule has 1 heterocycles. The highest BCUT2D eigenvalue weighted by molar-refractivity contribution is 5.84. The van der Waals surface area contributed by atoms with Gasteiger partial charge in [0, 0.05) is 19.1 Å². The van der Waals surface area contributed by atoms with Gasteiger partial charge in [-0.1, -0.05) is 55.5 Å². The smallest absolute Gasteiger partial charge is 0.407 e. The molecule has 1 aliphatic heterocycles. The lowest BCUT2D eigenvalue weighted by atomic mass is 9.86.